The minimum absolute atomic E-state index is 0.283. The van der Waals surface area contributed by atoms with Crippen LogP contribution in [-0.4, -0.2) is 29.0 Å². The van der Waals surface area contributed by atoms with Crippen molar-refractivity contribution in [3.63, 3.8) is 0 Å². The van der Waals surface area contributed by atoms with E-state index in [0.717, 1.165) is 37.0 Å². The molecule has 1 aliphatic rings. The van der Waals surface area contributed by atoms with Crippen LogP contribution in [0.3, 0.4) is 0 Å². The Morgan fingerprint density at radius 2 is 2.29 bits per heavy atom. The van der Waals surface area contributed by atoms with Crippen LogP contribution in [0.15, 0.2) is 4.42 Å². The van der Waals surface area contributed by atoms with E-state index < -0.39 is 0 Å². The Kier molecular flexibility index (Phi) is 3.84. The fraction of sp³-hybridized carbons (Fsp3) is 0.769. The van der Waals surface area contributed by atoms with Gasteiger partial charge in [0.25, 0.3) is 0 Å². The molecule has 2 N–H and O–H groups in total. The van der Waals surface area contributed by atoms with E-state index in [1.54, 1.807) is 0 Å². The molecule has 0 aromatic carbocycles. The van der Waals surface area contributed by atoms with Crippen LogP contribution in [0.4, 0.5) is 0 Å². The molecule has 1 fully saturated rings. The highest BCUT2D eigenvalue weighted by Crippen LogP contribution is 2.20. The van der Waals surface area contributed by atoms with Gasteiger partial charge in [0, 0.05) is 12.6 Å². The van der Waals surface area contributed by atoms with Crippen LogP contribution in [0, 0.1) is 19.8 Å². The molecule has 0 bridgehead atoms. The molecule has 0 spiro atoms. The second-order valence-electron chi connectivity index (χ2n) is 5.25. The molecule has 1 aromatic rings. The third kappa shape index (κ3) is 3.07. The Labute approximate surface area is 103 Å². The van der Waals surface area contributed by atoms with Crippen molar-refractivity contribution >= 4 is 0 Å². The zero-order valence-corrected chi connectivity index (χ0v) is 11.1. The molecule has 2 atom stereocenters. The summed E-state index contributed by atoms with van der Waals surface area (Å²) in [5, 5.41) is 0. The Bertz CT molecular complexity index is 353. The van der Waals surface area contributed by atoms with E-state index in [1.807, 2.05) is 13.8 Å². The largest absolute Gasteiger partial charge is 0.444 e. The molecule has 2 heterocycles. The predicted octanol–water partition coefficient (Wildman–Crippen LogP) is 1.85. The van der Waals surface area contributed by atoms with E-state index in [4.69, 9.17) is 10.2 Å². The number of hydrogen-bond donors (Lipinski definition) is 1. The third-order valence-corrected chi connectivity index (χ3v) is 3.72. The maximum absolute atomic E-state index is 5.99. The summed E-state index contributed by atoms with van der Waals surface area (Å²) >= 11 is 0. The van der Waals surface area contributed by atoms with Crippen molar-refractivity contribution in [2.45, 2.75) is 46.2 Å². The molecule has 1 saturated heterocycles. The van der Waals surface area contributed by atoms with Crippen molar-refractivity contribution in [1.82, 2.24) is 9.88 Å². The van der Waals surface area contributed by atoms with E-state index >= 15 is 0 Å². The summed E-state index contributed by atoms with van der Waals surface area (Å²) in [6, 6.07) is 0.283. The van der Waals surface area contributed by atoms with Crippen molar-refractivity contribution in [2.24, 2.45) is 11.7 Å². The first-order valence-corrected chi connectivity index (χ1v) is 6.47. The summed E-state index contributed by atoms with van der Waals surface area (Å²) in [4.78, 5) is 6.84. The van der Waals surface area contributed by atoms with Crippen molar-refractivity contribution in [3.05, 3.63) is 17.3 Å². The van der Waals surface area contributed by atoms with E-state index in [-0.39, 0.29) is 6.04 Å². The van der Waals surface area contributed by atoms with Gasteiger partial charge in [-0.3, -0.25) is 4.90 Å². The topological polar surface area (TPSA) is 55.3 Å². The molecule has 96 valence electrons. The van der Waals surface area contributed by atoms with Crippen LogP contribution in [-0.2, 0) is 6.54 Å². The number of hydrogen-bond acceptors (Lipinski definition) is 4. The average molecular weight is 237 g/mol. The summed E-state index contributed by atoms with van der Waals surface area (Å²) < 4.78 is 5.63. The lowest BCUT2D eigenvalue weighted by atomic mass is 9.92. The molecule has 0 radical (unpaired) electrons. The number of nitrogens with two attached hydrogens (primary N) is 1. The first-order valence-electron chi connectivity index (χ1n) is 6.47. The smallest absolute Gasteiger partial charge is 0.208 e. The molecule has 4 nitrogen and oxygen atoms in total. The average Bonchev–Trinajstić information content (AvgIpc) is 2.58. The second kappa shape index (κ2) is 5.19. The van der Waals surface area contributed by atoms with Gasteiger partial charge in [0.15, 0.2) is 0 Å². The maximum atomic E-state index is 5.99. The van der Waals surface area contributed by atoms with Gasteiger partial charge in [-0.1, -0.05) is 0 Å². The van der Waals surface area contributed by atoms with Gasteiger partial charge >= 0.3 is 0 Å². The van der Waals surface area contributed by atoms with Crippen LogP contribution in [0.5, 0.6) is 0 Å². The molecule has 17 heavy (non-hydrogen) atoms. The summed E-state index contributed by atoms with van der Waals surface area (Å²) in [6.45, 7) is 9.07. The quantitative estimate of drug-likeness (QED) is 0.871. The van der Waals surface area contributed by atoms with Crippen LogP contribution >= 0.6 is 0 Å². The summed E-state index contributed by atoms with van der Waals surface area (Å²) in [5.74, 6) is 2.38. The summed E-state index contributed by atoms with van der Waals surface area (Å²) in [7, 11) is 0. The Morgan fingerprint density at radius 1 is 1.53 bits per heavy atom. The molecular weight excluding hydrogens is 214 g/mol. The molecule has 2 rings (SSSR count). The van der Waals surface area contributed by atoms with Crippen LogP contribution in [0.25, 0.3) is 0 Å². The van der Waals surface area contributed by atoms with Gasteiger partial charge in [-0.2, -0.15) is 0 Å². The molecule has 1 aromatic heterocycles. The number of aromatic nitrogens is 1. The van der Waals surface area contributed by atoms with Crippen LogP contribution in [0.1, 0.15) is 37.1 Å². The number of nitrogens with zero attached hydrogens (tertiary/aromatic N) is 2. The number of piperidine rings is 1. The van der Waals surface area contributed by atoms with Crippen LogP contribution in [0.2, 0.25) is 0 Å². The Morgan fingerprint density at radius 3 is 2.88 bits per heavy atom. The van der Waals surface area contributed by atoms with E-state index in [0.29, 0.717) is 5.92 Å². The zero-order chi connectivity index (χ0) is 12.4. The molecular formula is C13H23N3O. The fourth-order valence-electron chi connectivity index (χ4n) is 2.46. The molecule has 4 heteroatoms. The molecule has 0 amide bonds. The third-order valence-electron chi connectivity index (χ3n) is 3.72. The van der Waals surface area contributed by atoms with Gasteiger partial charge in [-0.25, -0.2) is 4.98 Å². The number of aryl methyl sites for hydroxylation is 2. The number of rotatable bonds is 3. The fourth-order valence-corrected chi connectivity index (χ4v) is 2.46. The van der Waals surface area contributed by atoms with Gasteiger partial charge < -0.3 is 10.2 Å². The summed E-state index contributed by atoms with van der Waals surface area (Å²) in [5.41, 5.74) is 6.99. The number of likely N-dealkylation sites (tertiary alicyclic amines) is 1. The van der Waals surface area contributed by atoms with Crippen molar-refractivity contribution in [1.29, 1.82) is 0 Å². The Balaban J connectivity index is 1.94. The van der Waals surface area contributed by atoms with Crippen molar-refractivity contribution in [2.75, 3.05) is 13.1 Å². The van der Waals surface area contributed by atoms with Gasteiger partial charge in [0.05, 0.1) is 12.2 Å². The maximum Gasteiger partial charge on any atom is 0.208 e. The highest BCUT2D eigenvalue weighted by molar-refractivity contribution is 5.05. The van der Waals surface area contributed by atoms with Gasteiger partial charge in [-0.15, -0.1) is 0 Å². The lowest BCUT2D eigenvalue weighted by Crippen LogP contribution is -2.41. The van der Waals surface area contributed by atoms with E-state index in [1.165, 1.54) is 12.8 Å². The van der Waals surface area contributed by atoms with Gasteiger partial charge in [-0.05, 0) is 46.1 Å². The zero-order valence-electron chi connectivity index (χ0n) is 11.1. The van der Waals surface area contributed by atoms with E-state index in [9.17, 15) is 0 Å². The minimum Gasteiger partial charge on any atom is -0.444 e. The molecule has 0 saturated carbocycles. The highest BCUT2D eigenvalue weighted by Gasteiger charge is 2.23. The normalized spacial score (nSPS) is 23.9. The monoisotopic (exact) mass is 237 g/mol. The second-order valence-corrected chi connectivity index (χ2v) is 5.25. The lowest BCUT2D eigenvalue weighted by Gasteiger charge is -2.33. The van der Waals surface area contributed by atoms with Crippen molar-refractivity contribution in [3.8, 4) is 0 Å². The van der Waals surface area contributed by atoms with Crippen LogP contribution < -0.4 is 5.73 Å². The highest BCUT2D eigenvalue weighted by atomic mass is 16.4. The standard InChI is InChI=1S/C13H23N3O/c1-9(14)12-5-4-6-16(7-12)8-13-15-10(2)11(3)17-13/h9,12H,4-8,14H2,1-3H3. The summed E-state index contributed by atoms with van der Waals surface area (Å²) in [6.07, 6.45) is 2.47. The van der Waals surface area contributed by atoms with Gasteiger partial charge in [0.1, 0.15) is 5.76 Å². The SMILES string of the molecule is Cc1nc(CN2CCCC(C(C)N)C2)oc1C. The first kappa shape index (κ1) is 12.6. The Hall–Kier alpha value is -0.870. The van der Waals surface area contributed by atoms with E-state index in [2.05, 4.69) is 16.8 Å². The van der Waals surface area contributed by atoms with Gasteiger partial charge in [0.2, 0.25) is 5.89 Å². The molecule has 0 aliphatic carbocycles. The van der Waals surface area contributed by atoms with Crippen molar-refractivity contribution < 1.29 is 4.42 Å². The predicted molar refractivity (Wildman–Crippen MR) is 67.6 cm³/mol. The molecule has 2 unspecified atom stereocenters. The number of oxazole rings is 1. The first-order chi connectivity index (χ1) is 8.06. The minimum atomic E-state index is 0.283. The lowest BCUT2D eigenvalue weighted by molar-refractivity contribution is 0.142. The molecule has 1 aliphatic heterocycles.